The van der Waals surface area contributed by atoms with E-state index in [1.807, 2.05) is 36.4 Å². The summed E-state index contributed by atoms with van der Waals surface area (Å²) in [4.78, 5) is 38.6. The first-order chi connectivity index (χ1) is 13.7. The van der Waals surface area contributed by atoms with Gasteiger partial charge in [0.25, 0.3) is 5.91 Å². The molecule has 2 aromatic carbocycles. The lowest BCUT2D eigenvalue weighted by molar-refractivity contribution is -0.135. The molecule has 2 aliphatic heterocycles. The number of imide groups is 1. The molecule has 2 atom stereocenters. The minimum Gasteiger partial charge on any atom is -0.351 e. The summed E-state index contributed by atoms with van der Waals surface area (Å²) in [6, 6.07) is 12.1. The van der Waals surface area contributed by atoms with Crippen molar-refractivity contribution in [3.63, 3.8) is 0 Å². The van der Waals surface area contributed by atoms with Crippen molar-refractivity contribution in [3.05, 3.63) is 48.0 Å². The van der Waals surface area contributed by atoms with E-state index in [9.17, 15) is 22.8 Å². The van der Waals surface area contributed by atoms with Crippen LogP contribution in [0.4, 0.5) is 4.79 Å². The van der Waals surface area contributed by atoms with Gasteiger partial charge >= 0.3 is 6.03 Å². The number of hydrogen-bond donors (Lipinski definition) is 2. The third kappa shape index (κ3) is 3.57. The van der Waals surface area contributed by atoms with Gasteiger partial charge in [-0.25, -0.2) is 13.2 Å². The van der Waals surface area contributed by atoms with Gasteiger partial charge in [0, 0.05) is 6.04 Å². The highest BCUT2D eigenvalue weighted by atomic mass is 32.2. The molecular weight excluding hydrogens is 394 g/mol. The van der Waals surface area contributed by atoms with E-state index >= 15 is 0 Å². The Bertz CT molecular complexity index is 1130. The Kier molecular flexibility index (Phi) is 4.57. The van der Waals surface area contributed by atoms with E-state index in [1.165, 1.54) is 0 Å². The van der Waals surface area contributed by atoms with Crippen LogP contribution in [-0.2, 0) is 25.0 Å². The number of hydrogen-bond acceptors (Lipinski definition) is 5. The van der Waals surface area contributed by atoms with Crippen molar-refractivity contribution in [2.45, 2.75) is 24.9 Å². The number of nitrogens with one attached hydrogen (secondary N) is 2. The summed E-state index contributed by atoms with van der Waals surface area (Å²) < 4.78 is 23.1. The normalized spacial score (nSPS) is 26.0. The number of fused-ring (bicyclic) bond motifs is 1. The van der Waals surface area contributed by atoms with E-state index in [-0.39, 0.29) is 11.5 Å². The summed E-state index contributed by atoms with van der Waals surface area (Å²) in [7, 11) is -3.14. The van der Waals surface area contributed by atoms with Gasteiger partial charge in [0.05, 0.1) is 11.5 Å². The third-order valence-corrected chi connectivity index (χ3v) is 7.27. The lowest BCUT2D eigenvalue weighted by Gasteiger charge is -2.23. The van der Waals surface area contributed by atoms with Crippen LogP contribution in [-0.4, -0.2) is 55.3 Å². The molecule has 152 valence electrons. The molecule has 4 amide bonds. The van der Waals surface area contributed by atoms with E-state index in [0.29, 0.717) is 12.0 Å². The van der Waals surface area contributed by atoms with Crippen LogP contribution in [0.15, 0.2) is 42.5 Å². The third-order valence-electron chi connectivity index (χ3n) is 5.50. The van der Waals surface area contributed by atoms with Crippen molar-refractivity contribution in [2.75, 3.05) is 18.1 Å². The molecule has 0 bridgehead atoms. The van der Waals surface area contributed by atoms with Gasteiger partial charge in [-0.1, -0.05) is 36.4 Å². The minimum atomic E-state index is -3.14. The van der Waals surface area contributed by atoms with Crippen molar-refractivity contribution in [1.82, 2.24) is 15.5 Å². The van der Waals surface area contributed by atoms with Crippen LogP contribution in [0.3, 0.4) is 0 Å². The fraction of sp³-hybridized carbons (Fsp3) is 0.350. The Morgan fingerprint density at radius 3 is 2.62 bits per heavy atom. The molecule has 4 rings (SSSR count). The molecule has 0 aliphatic carbocycles. The largest absolute Gasteiger partial charge is 0.351 e. The second-order valence-electron chi connectivity index (χ2n) is 7.68. The van der Waals surface area contributed by atoms with Crippen molar-refractivity contribution in [3.8, 4) is 0 Å². The highest BCUT2D eigenvalue weighted by molar-refractivity contribution is 7.91. The lowest BCUT2D eigenvalue weighted by atomic mass is 9.90. The quantitative estimate of drug-likeness (QED) is 0.721. The average Bonchev–Trinajstić information content (AvgIpc) is 3.12. The maximum absolute atomic E-state index is 13.0. The number of benzene rings is 2. The summed E-state index contributed by atoms with van der Waals surface area (Å²) in [5, 5.41) is 7.24. The zero-order valence-electron chi connectivity index (χ0n) is 15.8. The topological polar surface area (TPSA) is 113 Å². The molecule has 8 nitrogen and oxygen atoms in total. The predicted molar refractivity (Wildman–Crippen MR) is 107 cm³/mol. The summed E-state index contributed by atoms with van der Waals surface area (Å²) in [5.41, 5.74) is -0.655. The molecule has 29 heavy (non-hydrogen) atoms. The van der Waals surface area contributed by atoms with Gasteiger partial charge < -0.3 is 10.6 Å². The average molecular weight is 415 g/mol. The van der Waals surface area contributed by atoms with Crippen LogP contribution in [0, 0.1) is 0 Å². The van der Waals surface area contributed by atoms with Gasteiger partial charge in [-0.2, -0.15) is 0 Å². The molecule has 0 spiro atoms. The van der Waals surface area contributed by atoms with E-state index < -0.39 is 45.8 Å². The molecule has 0 radical (unpaired) electrons. The maximum Gasteiger partial charge on any atom is 0.325 e. The zero-order valence-corrected chi connectivity index (χ0v) is 16.7. The Morgan fingerprint density at radius 2 is 1.93 bits per heavy atom. The molecule has 9 heteroatoms. The Hall–Kier alpha value is -2.94. The number of amides is 4. The standard InChI is InChI=1S/C20H21N3O5S/c1-20(15-7-6-13-4-2-3-5-14(13)10-15)18(25)23(19(26)22-20)11-17(24)21-16-8-9-29(27,28)12-16/h2-7,10,16H,8-9,11-12H2,1H3,(H,21,24)(H,22,26)/t16-,20+/m0/s1. The van der Waals surface area contributed by atoms with Crippen molar-refractivity contribution >= 4 is 38.5 Å². The van der Waals surface area contributed by atoms with Crippen LogP contribution in [0.25, 0.3) is 10.8 Å². The van der Waals surface area contributed by atoms with Crippen molar-refractivity contribution < 1.29 is 22.8 Å². The molecule has 0 aromatic heterocycles. The number of carbonyl (C=O) groups excluding carboxylic acids is 3. The summed E-state index contributed by atoms with van der Waals surface area (Å²) in [5.74, 6) is -1.17. The van der Waals surface area contributed by atoms with Crippen LogP contribution < -0.4 is 10.6 Å². The Balaban J connectivity index is 1.51. The zero-order chi connectivity index (χ0) is 20.8. The van der Waals surface area contributed by atoms with Crippen molar-refractivity contribution in [2.24, 2.45) is 0 Å². The number of sulfone groups is 1. The summed E-state index contributed by atoms with van der Waals surface area (Å²) >= 11 is 0. The Morgan fingerprint density at radius 1 is 1.21 bits per heavy atom. The molecule has 2 N–H and O–H groups in total. The second-order valence-corrected chi connectivity index (χ2v) is 9.90. The number of carbonyl (C=O) groups is 3. The lowest BCUT2D eigenvalue weighted by Crippen LogP contribution is -2.45. The highest BCUT2D eigenvalue weighted by Gasteiger charge is 2.49. The minimum absolute atomic E-state index is 0.0289. The molecule has 0 unspecified atom stereocenters. The molecule has 0 saturated carbocycles. The highest BCUT2D eigenvalue weighted by Crippen LogP contribution is 2.31. The summed E-state index contributed by atoms with van der Waals surface area (Å²) in [6.45, 7) is 1.16. The van der Waals surface area contributed by atoms with Gasteiger partial charge in [0.2, 0.25) is 5.91 Å². The smallest absolute Gasteiger partial charge is 0.325 e. The molecule has 2 aromatic rings. The van der Waals surface area contributed by atoms with E-state index in [4.69, 9.17) is 0 Å². The monoisotopic (exact) mass is 415 g/mol. The fourth-order valence-corrected chi connectivity index (χ4v) is 5.54. The predicted octanol–water partition coefficient (Wildman–Crippen LogP) is 0.910. The van der Waals surface area contributed by atoms with Gasteiger partial charge in [-0.15, -0.1) is 0 Å². The molecule has 2 heterocycles. The van der Waals surface area contributed by atoms with Crippen LogP contribution in [0.1, 0.15) is 18.9 Å². The van der Waals surface area contributed by atoms with Gasteiger partial charge in [0.1, 0.15) is 12.1 Å². The summed E-state index contributed by atoms with van der Waals surface area (Å²) in [6.07, 6.45) is 0.336. The maximum atomic E-state index is 13.0. The van der Waals surface area contributed by atoms with Crippen LogP contribution in [0.2, 0.25) is 0 Å². The molecule has 2 aliphatic rings. The first kappa shape index (κ1) is 19.4. The van der Waals surface area contributed by atoms with Gasteiger partial charge in [0.15, 0.2) is 9.84 Å². The fourth-order valence-electron chi connectivity index (χ4n) is 3.86. The number of urea groups is 1. The van der Waals surface area contributed by atoms with Gasteiger partial charge in [-0.05, 0) is 35.7 Å². The van der Waals surface area contributed by atoms with E-state index in [2.05, 4.69) is 10.6 Å². The van der Waals surface area contributed by atoms with Gasteiger partial charge in [-0.3, -0.25) is 14.5 Å². The Labute approximate surface area is 168 Å². The van der Waals surface area contributed by atoms with Crippen molar-refractivity contribution in [1.29, 1.82) is 0 Å². The number of rotatable bonds is 4. The SMILES string of the molecule is C[C@]1(c2ccc3ccccc3c2)NC(=O)N(CC(=O)N[C@H]2CCS(=O)(=O)C2)C1=O. The molecule has 2 saturated heterocycles. The van der Waals surface area contributed by atoms with Crippen LogP contribution >= 0.6 is 0 Å². The first-order valence-electron chi connectivity index (χ1n) is 9.31. The van der Waals surface area contributed by atoms with E-state index in [1.54, 1.807) is 13.0 Å². The second kappa shape index (κ2) is 6.84. The molecular formula is C20H21N3O5S. The molecule has 2 fully saturated rings. The van der Waals surface area contributed by atoms with E-state index in [0.717, 1.165) is 15.7 Å². The number of nitrogens with zero attached hydrogens (tertiary/aromatic N) is 1. The first-order valence-corrected chi connectivity index (χ1v) is 11.1. The van der Waals surface area contributed by atoms with Crippen LogP contribution in [0.5, 0.6) is 0 Å².